The average Bonchev–Trinajstić information content (AvgIpc) is 0.811. The van der Waals surface area contributed by atoms with Gasteiger partial charge in [-0.1, -0.05) is 0 Å². The van der Waals surface area contributed by atoms with Gasteiger partial charge < -0.3 is 0 Å². The Hall–Kier alpha value is 1.05. The van der Waals surface area contributed by atoms with Gasteiger partial charge in [-0.2, -0.15) is 0 Å². The van der Waals surface area contributed by atoms with Crippen molar-refractivity contribution in [2.24, 2.45) is 0 Å². The van der Waals surface area contributed by atoms with E-state index in [0.29, 0.717) is 0 Å². The molecule has 4 heteroatoms. The van der Waals surface area contributed by atoms with Crippen molar-refractivity contribution in [3.63, 3.8) is 0 Å². The number of hydrogen-bond acceptors (Lipinski definition) is 1. The van der Waals surface area contributed by atoms with Crippen LogP contribution < -0.4 is 0 Å². The van der Waals surface area contributed by atoms with Gasteiger partial charge in [0.25, 0.3) is 0 Å². The topological polar surface area (TPSA) is 37.3 Å². The molecule has 0 aromatic carbocycles. The van der Waals surface area contributed by atoms with Crippen molar-refractivity contribution < 1.29 is 33.4 Å². The second-order valence-electron chi connectivity index (χ2n) is 0.321. The molecule has 1 atom stereocenters. The quantitative estimate of drug-likeness (QED) is 0.481. The molecule has 2 nitrogen and oxygen atoms in total. The molecule has 0 aliphatic heterocycles. The third-order valence-corrected chi connectivity index (χ3v) is 0. The van der Waals surface area contributed by atoms with Crippen LogP contribution in [-0.2, 0) is 32.2 Å². The van der Waals surface area contributed by atoms with Crippen LogP contribution in [0.1, 0.15) is 0 Å². The zero-order valence-electron chi connectivity index (χ0n) is 1.97. The van der Waals surface area contributed by atoms with Crippen molar-refractivity contribution in [3.8, 4) is 0 Å². The summed E-state index contributed by atoms with van der Waals surface area (Å²) in [5.41, 5.74) is 0. The van der Waals surface area contributed by atoms with E-state index in [1.165, 1.54) is 0 Å². The third-order valence-electron chi connectivity index (χ3n) is 0. The predicted molar refractivity (Wildman–Crippen MR) is 10.8 cm³/mol. The normalized spacial score (nSPS) is 15.8. The van der Waals surface area contributed by atoms with Gasteiger partial charge in [0.1, 0.15) is 0 Å². The minimum atomic E-state index is -1.42. The zero-order valence-corrected chi connectivity index (χ0v) is 8.29. The van der Waals surface area contributed by atoms with E-state index >= 15 is 0 Å². The van der Waals surface area contributed by atoms with Crippen LogP contribution in [-0.4, -0.2) is 8.76 Å². The van der Waals surface area contributed by atoms with Gasteiger partial charge in [0.2, 0.25) is 0 Å². The minimum absolute atomic E-state index is 0.0494. The number of hydrogen-bond donors (Lipinski definition) is 1. The Kier molecular flexibility index (Phi) is 2.89. The fourth-order valence-corrected chi connectivity index (χ4v) is 0. The first kappa shape index (κ1) is 5.05. The molecule has 0 aliphatic rings. The molecule has 1 N–H and O–H groups in total. The van der Waals surface area contributed by atoms with Crippen molar-refractivity contribution in [3.05, 3.63) is 0 Å². The molecule has 0 heterocycles. The Bertz CT molecular complexity index is 29.0. The summed E-state index contributed by atoms with van der Waals surface area (Å²) < 4.78 is 16.8. The van der Waals surface area contributed by atoms with Gasteiger partial charge in [-0.25, -0.2) is 0 Å². The van der Waals surface area contributed by atoms with E-state index in [1.54, 1.807) is 0 Å². The second kappa shape index (κ2) is 2.29. The second-order valence-corrected chi connectivity index (χ2v) is 6.72. The molecule has 0 rings (SSSR count). The molecule has 0 saturated carbocycles. The van der Waals surface area contributed by atoms with E-state index in [9.17, 15) is 4.21 Å². The summed E-state index contributed by atoms with van der Waals surface area (Å²) in [6.45, 7) is 0. The summed E-state index contributed by atoms with van der Waals surface area (Å²) in [7, 11) is -1.42. The van der Waals surface area contributed by atoms with E-state index in [0.717, 1.165) is 0 Å². The van der Waals surface area contributed by atoms with E-state index in [-0.39, 0.29) is 24.6 Å². The van der Waals surface area contributed by atoms with Crippen molar-refractivity contribution >= 4 is 7.56 Å². The first-order chi connectivity index (χ1) is 1.73. The Morgan fingerprint density at radius 2 is 2.00 bits per heavy atom. The maximum absolute atomic E-state index is 9.20. The third kappa shape index (κ3) is 11.7. The molecular formula is HHgO2S. The Labute approximate surface area is 41.0 Å². The molecule has 0 bridgehead atoms. The average molecular weight is 266 g/mol. The zero-order chi connectivity index (χ0) is 3.58. The fourth-order valence-electron chi connectivity index (χ4n) is 0. The van der Waals surface area contributed by atoms with Crippen LogP contribution in [0, 0.1) is 0 Å². The molecule has 1 unspecified atom stereocenters. The van der Waals surface area contributed by atoms with E-state index in [1.807, 2.05) is 0 Å². The maximum atomic E-state index is 9.20. The molecule has 0 aromatic heterocycles. The van der Waals surface area contributed by atoms with E-state index in [2.05, 4.69) is 0 Å². The van der Waals surface area contributed by atoms with Crippen molar-refractivity contribution in [1.29, 1.82) is 0 Å². The monoisotopic (exact) mass is 267 g/mol. The van der Waals surface area contributed by atoms with Crippen LogP contribution in [0.15, 0.2) is 0 Å². The van der Waals surface area contributed by atoms with Gasteiger partial charge in [-0.05, 0) is 0 Å². The van der Waals surface area contributed by atoms with Crippen LogP contribution in [0.25, 0.3) is 0 Å². The standard InChI is InChI=1S/Hg.O2S/c;1-3-2/q-1;/p+1. The van der Waals surface area contributed by atoms with E-state index < -0.39 is 7.56 Å². The van der Waals surface area contributed by atoms with Crippen LogP contribution in [0.5, 0.6) is 0 Å². The van der Waals surface area contributed by atoms with Crippen molar-refractivity contribution in [2.45, 2.75) is 0 Å². The molecule has 0 aromatic rings. The molecular weight excluding hydrogens is 265 g/mol. The van der Waals surface area contributed by atoms with Crippen LogP contribution in [0.4, 0.5) is 0 Å². The molecule has 0 fully saturated rings. The molecule has 21 valence electrons. The SMILES string of the molecule is O=[S](O)[Hg]. The van der Waals surface area contributed by atoms with Gasteiger partial charge in [-0.15, -0.1) is 0 Å². The van der Waals surface area contributed by atoms with Crippen molar-refractivity contribution in [2.75, 3.05) is 0 Å². The van der Waals surface area contributed by atoms with Gasteiger partial charge in [0, 0.05) is 0 Å². The van der Waals surface area contributed by atoms with Crippen LogP contribution in [0.3, 0.4) is 0 Å². The Morgan fingerprint density at radius 1 is 2.00 bits per heavy atom. The molecule has 0 aliphatic carbocycles. The van der Waals surface area contributed by atoms with Crippen LogP contribution >= 0.6 is 0 Å². The fraction of sp³-hybridized carbons (Fsp3) is 0. The summed E-state index contributed by atoms with van der Waals surface area (Å²) in [6.07, 6.45) is 0. The van der Waals surface area contributed by atoms with Gasteiger partial charge in [0.05, 0.1) is 0 Å². The van der Waals surface area contributed by atoms with Crippen LogP contribution in [0.2, 0.25) is 0 Å². The summed E-state index contributed by atoms with van der Waals surface area (Å²) in [5, 5.41) is 0. The Balaban J connectivity index is 2.80. The van der Waals surface area contributed by atoms with Gasteiger partial charge >= 0.3 is 40.9 Å². The van der Waals surface area contributed by atoms with E-state index in [4.69, 9.17) is 4.55 Å². The Morgan fingerprint density at radius 3 is 2.00 bits per heavy atom. The molecule has 0 saturated heterocycles. The van der Waals surface area contributed by atoms with Gasteiger partial charge in [0.15, 0.2) is 0 Å². The molecule has 0 spiro atoms. The molecule has 0 amide bonds. The molecule has 0 radical (unpaired) electrons. The summed E-state index contributed by atoms with van der Waals surface area (Å²) in [4.78, 5) is 0. The first-order valence-electron chi connectivity index (χ1n) is 0.638. The van der Waals surface area contributed by atoms with Crippen molar-refractivity contribution in [1.82, 2.24) is 0 Å². The predicted octanol–water partition coefficient (Wildman–Crippen LogP) is -0.330. The summed E-state index contributed by atoms with van der Waals surface area (Å²) in [5.74, 6) is 0. The summed E-state index contributed by atoms with van der Waals surface area (Å²) in [6, 6.07) is 0. The first-order valence-corrected chi connectivity index (χ1v) is 8.65. The summed E-state index contributed by atoms with van der Waals surface area (Å²) >= 11 is 0.0494. The van der Waals surface area contributed by atoms with Gasteiger partial charge in [-0.3, -0.25) is 0 Å². The molecule has 4 heavy (non-hydrogen) atoms. The number of rotatable bonds is 0.